The smallest absolute Gasteiger partial charge is 0.249 e. The Balaban J connectivity index is 1.73. The molecule has 156 valence electrons. The highest BCUT2D eigenvalue weighted by Crippen LogP contribution is 2.36. The monoisotopic (exact) mass is 500 g/mol. The molecule has 11 heteroatoms. The molecular formula is C19H12BrF3N2O4S. The molecule has 0 unspecified atom stereocenters. The third-order valence-corrected chi connectivity index (χ3v) is 6.60. The molecule has 6 nitrogen and oxygen atoms in total. The summed E-state index contributed by atoms with van der Waals surface area (Å²) in [6.45, 7) is 0. The van der Waals surface area contributed by atoms with Gasteiger partial charge in [0.05, 0.1) is 28.6 Å². The molecular weight excluding hydrogens is 489 g/mol. The van der Waals surface area contributed by atoms with E-state index in [1.54, 1.807) is 12.1 Å². The van der Waals surface area contributed by atoms with E-state index in [0.29, 0.717) is 4.47 Å². The molecule has 0 aliphatic heterocycles. The molecule has 0 spiro atoms. The van der Waals surface area contributed by atoms with Crippen LogP contribution in [0.4, 0.5) is 13.3 Å². The van der Waals surface area contributed by atoms with E-state index in [4.69, 9.17) is 9.15 Å². The summed E-state index contributed by atoms with van der Waals surface area (Å²) in [4.78, 5) is 3.83. The minimum atomic E-state index is -3.77. The highest BCUT2D eigenvalue weighted by atomic mass is 79.9. The van der Waals surface area contributed by atoms with E-state index in [0.717, 1.165) is 18.4 Å². The van der Waals surface area contributed by atoms with E-state index in [1.165, 1.54) is 19.2 Å². The highest BCUT2D eigenvalue weighted by Gasteiger charge is 2.28. The number of rotatable bonds is 5. The maximum atomic E-state index is 14.8. The number of nitrogens with zero attached hydrogens (tertiary/aromatic N) is 2. The molecule has 0 N–H and O–H groups in total. The summed E-state index contributed by atoms with van der Waals surface area (Å²) in [5.74, 6) is -3.64. The average Bonchev–Trinajstić information content (AvgIpc) is 3.24. The Morgan fingerprint density at radius 3 is 2.50 bits per heavy atom. The van der Waals surface area contributed by atoms with Crippen LogP contribution in [0.15, 0.2) is 56.4 Å². The van der Waals surface area contributed by atoms with Crippen LogP contribution in [0.25, 0.3) is 22.5 Å². The second kappa shape index (κ2) is 7.47. The van der Waals surface area contributed by atoms with Gasteiger partial charge in [0, 0.05) is 4.47 Å². The molecule has 0 saturated carbocycles. The zero-order valence-electron chi connectivity index (χ0n) is 15.2. The molecule has 0 aliphatic carbocycles. The Morgan fingerprint density at radius 1 is 1.13 bits per heavy atom. The van der Waals surface area contributed by atoms with Gasteiger partial charge in [-0.1, -0.05) is 20.4 Å². The minimum Gasteiger partial charge on any atom is -0.494 e. The number of hydrogen-bond donors (Lipinski definition) is 0. The fourth-order valence-electron chi connectivity index (χ4n) is 2.98. The zero-order chi connectivity index (χ0) is 21.6. The molecule has 0 aliphatic rings. The lowest BCUT2D eigenvalue weighted by atomic mass is 10.2. The second-order valence-corrected chi connectivity index (χ2v) is 9.18. The van der Waals surface area contributed by atoms with E-state index in [9.17, 15) is 21.7 Å². The van der Waals surface area contributed by atoms with Crippen LogP contribution in [-0.2, 0) is 15.6 Å². The third kappa shape index (κ3) is 3.37. The predicted octanol–water partition coefficient (Wildman–Crippen LogP) is 5.05. The third-order valence-electron chi connectivity index (χ3n) is 4.40. The van der Waals surface area contributed by atoms with Crippen molar-refractivity contribution in [2.45, 2.75) is 10.6 Å². The Labute approximate surface area is 176 Å². The number of methoxy groups -OCH3 is 1. The van der Waals surface area contributed by atoms with Gasteiger partial charge >= 0.3 is 0 Å². The summed E-state index contributed by atoms with van der Waals surface area (Å²) in [5, 5.41) is -0.630. The Kier molecular flexibility index (Phi) is 5.10. The number of ether oxygens (including phenoxy) is 1. The maximum Gasteiger partial charge on any atom is 0.249 e. The van der Waals surface area contributed by atoms with Gasteiger partial charge in [0.15, 0.2) is 32.9 Å². The van der Waals surface area contributed by atoms with Crippen molar-refractivity contribution in [3.63, 3.8) is 0 Å². The van der Waals surface area contributed by atoms with Gasteiger partial charge in [0.2, 0.25) is 5.89 Å². The SMILES string of the molecule is COc1ccc2c(c1F)c(F)c(-c1nc(CS(=O)(=O)c3ccc(Br)cc3)co1)n2F. The zero-order valence-corrected chi connectivity index (χ0v) is 17.6. The summed E-state index contributed by atoms with van der Waals surface area (Å²) < 4.78 is 79.6. The molecule has 0 amide bonds. The van der Waals surface area contributed by atoms with Crippen molar-refractivity contribution in [3.8, 4) is 17.3 Å². The Bertz CT molecular complexity index is 1360. The number of fused-ring (bicyclic) bond motifs is 1. The van der Waals surface area contributed by atoms with E-state index in [-0.39, 0.29) is 26.6 Å². The highest BCUT2D eigenvalue weighted by molar-refractivity contribution is 9.10. The number of oxazole rings is 1. The predicted molar refractivity (Wildman–Crippen MR) is 105 cm³/mol. The van der Waals surface area contributed by atoms with Crippen molar-refractivity contribution in [2.24, 2.45) is 0 Å². The normalized spacial score (nSPS) is 11.9. The van der Waals surface area contributed by atoms with Crippen molar-refractivity contribution in [3.05, 3.63) is 64.5 Å². The lowest BCUT2D eigenvalue weighted by Gasteiger charge is -2.02. The molecule has 0 fully saturated rings. The van der Waals surface area contributed by atoms with E-state index in [1.807, 2.05) is 0 Å². The summed E-state index contributed by atoms with van der Waals surface area (Å²) in [5.41, 5.74) is -1.21. The van der Waals surface area contributed by atoms with Gasteiger partial charge < -0.3 is 9.15 Å². The van der Waals surface area contributed by atoms with Crippen LogP contribution in [-0.4, -0.2) is 25.3 Å². The second-order valence-electron chi connectivity index (χ2n) is 6.28. The molecule has 4 aromatic rings. The first kappa shape index (κ1) is 20.5. The summed E-state index contributed by atoms with van der Waals surface area (Å²) in [7, 11) is -2.58. The van der Waals surface area contributed by atoms with Crippen molar-refractivity contribution in [1.82, 2.24) is 9.77 Å². The van der Waals surface area contributed by atoms with Gasteiger partial charge in [-0.25, -0.2) is 22.2 Å². The first-order valence-electron chi connectivity index (χ1n) is 8.38. The van der Waals surface area contributed by atoms with Crippen molar-refractivity contribution in [1.29, 1.82) is 0 Å². The number of aromatic nitrogens is 2. The maximum absolute atomic E-state index is 14.8. The van der Waals surface area contributed by atoms with Crippen LogP contribution in [0, 0.1) is 11.6 Å². The van der Waals surface area contributed by atoms with Crippen LogP contribution in [0.3, 0.4) is 0 Å². The molecule has 0 atom stereocenters. The topological polar surface area (TPSA) is 74.3 Å². The quantitative estimate of drug-likeness (QED) is 0.383. The minimum absolute atomic E-state index is 0.0511. The summed E-state index contributed by atoms with van der Waals surface area (Å²) >= 11 is 3.22. The van der Waals surface area contributed by atoms with E-state index < -0.39 is 44.2 Å². The Hall–Kier alpha value is -2.79. The fraction of sp³-hybridized carbons (Fsp3) is 0.105. The molecule has 4 rings (SSSR count). The van der Waals surface area contributed by atoms with Gasteiger partial charge in [-0.2, -0.15) is 4.79 Å². The van der Waals surface area contributed by atoms with Crippen LogP contribution < -0.4 is 4.74 Å². The molecule has 0 bridgehead atoms. The first-order valence-corrected chi connectivity index (χ1v) is 10.8. The number of halogens is 4. The average molecular weight is 501 g/mol. The van der Waals surface area contributed by atoms with Crippen molar-refractivity contribution in [2.75, 3.05) is 7.11 Å². The lowest BCUT2D eigenvalue weighted by molar-refractivity contribution is 0.380. The van der Waals surface area contributed by atoms with Crippen LogP contribution in [0.1, 0.15) is 5.69 Å². The summed E-state index contributed by atoms with van der Waals surface area (Å²) in [6.07, 6.45) is 0.986. The van der Waals surface area contributed by atoms with E-state index in [2.05, 4.69) is 20.9 Å². The van der Waals surface area contributed by atoms with Gasteiger partial charge in [-0.05, 0) is 36.4 Å². The Morgan fingerprint density at radius 2 is 1.83 bits per heavy atom. The number of hydrogen-bond acceptors (Lipinski definition) is 5. The molecule has 0 saturated heterocycles. The summed E-state index contributed by atoms with van der Waals surface area (Å²) in [6, 6.07) is 8.27. The van der Waals surface area contributed by atoms with E-state index >= 15 is 0 Å². The van der Waals surface area contributed by atoms with Gasteiger partial charge in [-0.3, -0.25) is 0 Å². The fourth-order valence-corrected chi connectivity index (χ4v) is 4.49. The van der Waals surface area contributed by atoms with Crippen LogP contribution in [0.5, 0.6) is 5.75 Å². The lowest BCUT2D eigenvalue weighted by Crippen LogP contribution is -2.05. The first-order chi connectivity index (χ1) is 14.2. The van der Waals surface area contributed by atoms with Gasteiger partial charge in [-0.15, -0.1) is 0 Å². The largest absolute Gasteiger partial charge is 0.494 e. The molecule has 0 radical (unpaired) electrons. The molecule has 2 heterocycles. The molecule has 2 aromatic heterocycles. The van der Waals surface area contributed by atoms with Crippen molar-refractivity contribution < 1.29 is 30.8 Å². The van der Waals surface area contributed by atoms with Gasteiger partial charge in [0.25, 0.3) is 0 Å². The van der Waals surface area contributed by atoms with Crippen molar-refractivity contribution >= 4 is 36.7 Å². The van der Waals surface area contributed by atoms with Crippen LogP contribution >= 0.6 is 15.9 Å². The number of benzene rings is 2. The van der Waals surface area contributed by atoms with Crippen LogP contribution in [0.2, 0.25) is 0 Å². The standard InChI is InChI=1S/C19H12BrF3N2O4S/c1-28-14-7-6-13-15(16(14)21)17(22)18(25(13)23)19-24-11(8-29-19)9-30(26,27)12-4-2-10(20)3-5-12/h2-8H,9H2,1H3. The molecule has 2 aromatic carbocycles. The molecule has 30 heavy (non-hydrogen) atoms. The number of sulfone groups is 1. The van der Waals surface area contributed by atoms with Gasteiger partial charge in [0.1, 0.15) is 12.0 Å².